The van der Waals surface area contributed by atoms with Crippen molar-refractivity contribution >= 4 is 18.3 Å². The van der Waals surface area contributed by atoms with Crippen LogP contribution in [0.3, 0.4) is 0 Å². The second-order valence-corrected chi connectivity index (χ2v) is 6.17. The highest BCUT2D eigenvalue weighted by Crippen LogP contribution is 2.58. The summed E-state index contributed by atoms with van der Waals surface area (Å²) < 4.78 is 5.48. The van der Waals surface area contributed by atoms with Gasteiger partial charge in [-0.15, -0.1) is 12.4 Å². The van der Waals surface area contributed by atoms with Crippen molar-refractivity contribution in [2.45, 2.75) is 32.7 Å². The molecule has 3 rings (SSSR count). The quantitative estimate of drug-likeness (QED) is 0.875. The van der Waals surface area contributed by atoms with Crippen LogP contribution in [0.5, 0.6) is 5.75 Å². The molecule has 1 aromatic rings. The summed E-state index contributed by atoms with van der Waals surface area (Å²) in [5.74, 6) is 1.32. The molecule has 5 heteroatoms. The van der Waals surface area contributed by atoms with Crippen LogP contribution in [0.1, 0.15) is 31.7 Å². The van der Waals surface area contributed by atoms with E-state index < -0.39 is 0 Å². The highest BCUT2D eigenvalue weighted by atomic mass is 35.5. The number of benzene rings is 1. The Hall–Kier alpha value is -1.26. The van der Waals surface area contributed by atoms with Gasteiger partial charge in [-0.2, -0.15) is 0 Å². The number of rotatable bonds is 5. The lowest BCUT2D eigenvalue weighted by Gasteiger charge is -2.23. The Morgan fingerprint density at radius 3 is 2.91 bits per heavy atom. The van der Waals surface area contributed by atoms with E-state index in [0.717, 1.165) is 43.7 Å². The maximum atomic E-state index is 12.3. The Morgan fingerprint density at radius 1 is 1.41 bits per heavy atom. The zero-order chi connectivity index (χ0) is 14.7. The molecular weight excluding hydrogens is 300 g/mol. The first-order chi connectivity index (χ1) is 10.2. The number of hydrogen-bond acceptors (Lipinski definition) is 3. The van der Waals surface area contributed by atoms with Crippen molar-refractivity contribution in [1.82, 2.24) is 10.6 Å². The lowest BCUT2D eigenvalue weighted by molar-refractivity contribution is -0.123. The van der Waals surface area contributed by atoms with Crippen LogP contribution in [-0.4, -0.2) is 25.6 Å². The Balaban J connectivity index is 0.00000176. The van der Waals surface area contributed by atoms with Gasteiger partial charge in [-0.05, 0) is 62.4 Å². The summed E-state index contributed by atoms with van der Waals surface area (Å²) in [6.07, 6.45) is 3.36. The Morgan fingerprint density at radius 2 is 2.18 bits per heavy atom. The minimum Gasteiger partial charge on any atom is -0.494 e. The van der Waals surface area contributed by atoms with Crippen LogP contribution in [0.15, 0.2) is 24.3 Å². The highest BCUT2D eigenvalue weighted by molar-refractivity contribution is 5.85. The SMILES string of the molecule is CCOc1cccc(CNC(=O)C2CC23CCNCC3)c1.Cl. The molecule has 0 radical (unpaired) electrons. The van der Waals surface area contributed by atoms with Crippen LogP contribution < -0.4 is 15.4 Å². The second-order valence-electron chi connectivity index (χ2n) is 6.17. The number of carbonyl (C=O) groups is 1. The molecule has 2 fully saturated rings. The average molecular weight is 325 g/mol. The Bertz CT molecular complexity index is 515. The molecule has 22 heavy (non-hydrogen) atoms. The third kappa shape index (κ3) is 3.73. The van der Waals surface area contributed by atoms with Gasteiger partial charge in [-0.1, -0.05) is 12.1 Å². The predicted molar refractivity (Wildman–Crippen MR) is 89.3 cm³/mol. The molecule has 1 unspecified atom stereocenters. The smallest absolute Gasteiger partial charge is 0.223 e. The lowest BCUT2D eigenvalue weighted by Crippen LogP contribution is -2.33. The molecular formula is C17H25ClN2O2. The van der Waals surface area contributed by atoms with Crippen molar-refractivity contribution in [3.63, 3.8) is 0 Å². The summed E-state index contributed by atoms with van der Waals surface area (Å²) >= 11 is 0. The number of carbonyl (C=O) groups excluding carboxylic acids is 1. The summed E-state index contributed by atoms with van der Waals surface area (Å²) in [6, 6.07) is 7.94. The fourth-order valence-corrected chi connectivity index (χ4v) is 3.42. The summed E-state index contributed by atoms with van der Waals surface area (Å²) in [7, 11) is 0. The number of nitrogens with one attached hydrogen (secondary N) is 2. The maximum Gasteiger partial charge on any atom is 0.223 e. The van der Waals surface area contributed by atoms with Gasteiger partial charge in [0.1, 0.15) is 5.75 Å². The molecule has 0 aromatic heterocycles. The molecule has 1 aromatic carbocycles. The van der Waals surface area contributed by atoms with Crippen LogP contribution in [0, 0.1) is 11.3 Å². The Kier molecular flexibility index (Phi) is 5.70. The molecule has 1 atom stereocenters. The van der Waals surface area contributed by atoms with Crippen molar-refractivity contribution in [2.75, 3.05) is 19.7 Å². The third-order valence-corrected chi connectivity index (χ3v) is 4.78. The number of amides is 1. The zero-order valence-corrected chi connectivity index (χ0v) is 13.9. The molecule has 1 saturated carbocycles. The van der Waals surface area contributed by atoms with Crippen LogP contribution in [0.4, 0.5) is 0 Å². The molecule has 2 N–H and O–H groups in total. The monoisotopic (exact) mass is 324 g/mol. The van der Waals surface area contributed by atoms with Gasteiger partial charge < -0.3 is 15.4 Å². The average Bonchev–Trinajstić information content (AvgIpc) is 3.20. The molecule has 2 aliphatic rings. The van der Waals surface area contributed by atoms with E-state index >= 15 is 0 Å². The molecule has 0 bridgehead atoms. The van der Waals surface area contributed by atoms with E-state index in [2.05, 4.69) is 10.6 Å². The van der Waals surface area contributed by atoms with Gasteiger partial charge in [-0.3, -0.25) is 4.79 Å². The molecule has 1 spiro atoms. The summed E-state index contributed by atoms with van der Waals surface area (Å²) in [4.78, 5) is 12.3. The highest BCUT2D eigenvalue weighted by Gasteiger charge is 2.57. The maximum absolute atomic E-state index is 12.3. The van der Waals surface area contributed by atoms with Crippen LogP contribution in [-0.2, 0) is 11.3 Å². The fraction of sp³-hybridized carbons (Fsp3) is 0.588. The van der Waals surface area contributed by atoms with Gasteiger partial charge in [0.05, 0.1) is 6.61 Å². The molecule has 4 nitrogen and oxygen atoms in total. The van der Waals surface area contributed by atoms with E-state index in [1.165, 1.54) is 0 Å². The third-order valence-electron chi connectivity index (χ3n) is 4.78. The number of ether oxygens (including phenoxy) is 1. The molecule has 1 amide bonds. The molecule has 1 saturated heterocycles. The normalized spacial score (nSPS) is 21.8. The molecule has 122 valence electrons. The van der Waals surface area contributed by atoms with Crippen LogP contribution in [0.25, 0.3) is 0 Å². The number of halogens is 1. The van der Waals surface area contributed by atoms with E-state index in [4.69, 9.17) is 4.74 Å². The molecule has 1 aliphatic carbocycles. The van der Waals surface area contributed by atoms with Gasteiger partial charge in [0, 0.05) is 12.5 Å². The number of piperidine rings is 1. The van der Waals surface area contributed by atoms with Crippen molar-refractivity contribution in [3.8, 4) is 5.75 Å². The lowest BCUT2D eigenvalue weighted by atomic mass is 9.92. The summed E-state index contributed by atoms with van der Waals surface area (Å²) in [5.41, 5.74) is 1.40. The van der Waals surface area contributed by atoms with Crippen molar-refractivity contribution in [1.29, 1.82) is 0 Å². The van der Waals surface area contributed by atoms with Gasteiger partial charge in [-0.25, -0.2) is 0 Å². The molecule has 1 heterocycles. The first kappa shape index (κ1) is 17.1. The standard InChI is InChI=1S/C17H24N2O2.ClH/c1-2-21-14-5-3-4-13(10-14)12-19-16(20)15-11-17(15)6-8-18-9-7-17;/h3-5,10,15,18H,2,6-9,11-12H2,1H3,(H,19,20);1H. The Labute approximate surface area is 138 Å². The van der Waals surface area contributed by atoms with Crippen molar-refractivity contribution < 1.29 is 9.53 Å². The van der Waals surface area contributed by atoms with E-state index in [0.29, 0.717) is 18.6 Å². The minimum atomic E-state index is 0. The zero-order valence-electron chi connectivity index (χ0n) is 13.1. The van der Waals surface area contributed by atoms with Gasteiger partial charge in [0.25, 0.3) is 0 Å². The van der Waals surface area contributed by atoms with Gasteiger partial charge in [0.2, 0.25) is 5.91 Å². The predicted octanol–water partition coefficient (Wildman–Crippen LogP) is 2.51. The largest absolute Gasteiger partial charge is 0.494 e. The topological polar surface area (TPSA) is 50.4 Å². The first-order valence-electron chi connectivity index (χ1n) is 7.94. The molecule has 1 aliphatic heterocycles. The summed E-state index contributed by atoms with van der Waals surface area (Å²) in [5, 5.41) is 6.46. The van der Waals surface area contributed by atoms with E-state index in [1.54, 1.807) is 0 Å². The van der Waals surface area contributed by atoms with Crippen molar-refractivity contribution in [3.05, 3.63) is 29.8 Å². The van der Waals surface area contributed by atoms with E-state index in [9.17, 15) is 4.79 Å². The minimum absolute atomic E-state index is 0. The van der Waals surface area contributed by atoms with E-state index in [-0.39, 0.29) is 24.2 Å². The van der Waals surface area contributed by atoms with Gasteiger partial charge >= 0.3 is 0 Å². The number of hydrogen-bond donors (Lipinski definition) is 2. The first-order valence-corrected chi connectivity index (χ1v) is 7.94. The van der Waals surface area contributed by atoms with Crippen molar-refractivity contribution in [2.24, 2.45) is 11.3 Å². The van der Waals surface area contributed by atoms with E-state index in [1.807, 2.05) is 31.2 Å². The van der Waals surface area contributed by atoms with Gasteiger partial charge in [0.15, 0.2) is 0 Å². The summed E-state index contributed by atoms with van der Waals surface area (Å²) in [6.45, 7) is 5.33. The fourth-order valence-electron chi connectivity index (χ4n) is 3.42. The second kappa shape index (κ2) is 7.34. The van der Waals surface area contributed by atoms with Crippen LogP contribution in [0.2, 0.25) is 0 Å². The van der Waals surface area contributed by atoms with Crippen LogP contribution >= 0.6 is 12.4 Å².